The van der Waals surface area contributed by atoms with Crippen LogP contribution >= 0.6 is 0 Å². The van der Waals surface area contributed by atoms with Crippen LogP contribution in [-0.2, 0) is 7.05 Å². The Balaban J connectivity index is 2.44. The lowest BCUT2D eigenvalue weighted by atomic mass is 10.1. The molecule has 0 N–H and O–H groups in total. The first-order valence-electron chi connectivity index (χ1n) is 5.62. The summed E-state index contributed by atoms with van der Waals surface area (Å²) in [6.45, 7) is 0. The van der Waals surface area contributed by atoms with Crippen molar-refractivity contribution in [2.24, 2.45) is 7.05 Å². The Morgan fingerprint density at radius 2 is 1.89 bits per heavy atom. The minimum atomic E-state index is 0.00315. The van der Waals surface area contributed by atoms with E-state index < -0.39 is 0 Å². The van der Waals surface area contributed by atoms with E-state index in [-0.39, 0.29) is 5.56 Å². The van der Waals surface area contributed by atoms with Crippen LogP contribution in [0.5, 0.6) is 0 Å². The number of aryl methyl sites for hydroxylation is 1. The van der Waals surface area contributed by atoms with Crippen LogP contribution in [0.15, 0.2) is 53.8 Å². The standard InChI is InChI=1S/C14H11N3O/c1-17-8-12(13-6-7-15-9-16-13)10-4-2-3-5-11(10)14(17)18/h2-9H,1H3. The number of nitrogens with zero attached hydrogens (tertiary/aromatic N) is 3. The Bertz CT molecular complexity index is 763. The number of benzene rings is 1. The Morgan fingerprint density at radius 1 is 1.11 bits per heavy atom. The van der Waals surface area contributed by atoms with Gasteiger partial charge in [-0.2, -0.15) is 0 Å². The highest BCUT2D eigenvalue weighted by molar-refractivity contribution is 5.94. The third-order valence-electron chi connectivity index (χ3n) is 2.95. The second kappa shape index (κ2) is 4.07. The van der Waals surface area contributed by atoms with Gasteiger partial charge in [-0.3, -0.25) is 4.79 Å². The van der Waals surface area contributed by atoms with E-state index in [1.165, 1.54) is 6.33 Å². The van der Waals surface area contributed by atoms with Crippen molar-refractivity contribution in [1.82, 2.24) is 14.5 Å². The van der Waals surface area contributed by atoms with Crippen molar-refractivity contribution in [2.75, 3.05) is 0 Å². The minimum Gasteiger partial charge on any atom is -0.317 e. The number of fused-ring (bicyclic) bond motifs is 1. The average Bonchev–Trinajstić information content (AvgIpc) is 2.44. The smallest absolute Gasteiger partial charge is 0.258 e. The summed E-state index contributed by atoms with van der Waals surface area (Å²) in [7, 11) is 1.75. The van der Waals surface area contributed by atoms with Gasteiger partial charge in [0.15, 0.2) is 0 Å². The van der Waals surface area contributed by atoms with Crippen molar-refractivity contribution >= 4 is 10.8 Å². The maximum atomic E-state index is 12.0. The summed E-state index contributed by atoms with van der Waals surface area (Å²) in [4.78, 5) is 20.2. The summed E-state index contributed by atoms with van der Waals surface area (Å²) in [5.74, 6) is 0. The topological polar surface area (TPSA) is 47.8 Å². The first-order valence-corrected chi connectivity index (χ1v) is 5.62. The number of hydrogen-bond acceptors (Lipinski definition) is 3. The fourth-order valence-corrected chi connectivity index (χ4v) is 2.07. The molecule has 18 heavy (non-hydrogen) atoms. The highest BCUT2D eigenvalue weighted by Gasteiger charge is 2.08. The van der Waals surface area contributed by atoms with Crippen LogP contribution in [0.1, 0.15) is 0 Å². The molecule has 0 aliphatic heterocycles. The van der Waals surface area contributed by atoms with Gasteiger partial charge >= 0.3 is 0 Å². The molecule has 88 valence electrons. The van der Waals surface area contributed by atoms with E-state index in [1.807, 2.05) is 36.5 Å². The quantitative estimate of drug-likeness (QED) is 0.650. The Morgan fingerprint density at radius 3 is 2.61 bits per heavy atom. The lowest BCUT2D eigenvalue weighted by molar-refractivity contribution is 0.874. The first kappa shape index (κ1) is 10.7. The molecule has 2 aromatic heterocycles. The summed E-state index contributed by atoms with van der Waals surface area (Å²) in [6.07, 6.45) is 5.02. The zero-order valence-electron chi connectivity index (χ0n) is 9.87. The van der Waals surface area contributed by atoms with Crippen LogP contribution < -0.4 is 5.56 Å². The van der Waals surface area contributed by atoms with Crippen LogP contribution in [-0.4, -0.2) is 14.5 Å². The molecule has 0 spiro atoms. The highest BCUT2D eigenvalue weighted by atomic mass is 16.1. The van der Waals surface area contributed by atoms with Crippen molar-refractivity contribution in [3.05, 3.63) is 59.4 Å². The summed E-state index contributed by atoms with van der Waals surface area (Å²) >= 11 is 0. The molecule has 0 aliphatic carbocycles. The molecule has 0 fully saturated rings. The van der Waals surface area contributed by atoms with Crippen molar-refractivity contribution in [1.29, 1.82) is 0 Å². The summed E-state index contributed by atoms with van der Waals surface area (Å²) in [5, 5.41) is 1.62. The fraction of sp³-hybridized carbons (Fsp3) is 0.0714. The van der Waals surface area contributed by atoms with Crippen LogP contribution in [0, 0.1) is 0 Å². The zero-order valence-corrected chi connectivity index (χ0v) is 9.87. The van der Waals surface area contributed by atoms with Gasteiger partial charge in [-0.05, 0) is 17.5 Å². The monoisotopic (exact) mass is 237 g/mol. The average molecular weight is 237 g/mol. The first-order chi connectivity index (χ1) is 8.77. The van der Waals surface area contributed by atoms with Gasteiger partial charge in [0.25, 0.3) is 5.56 Å². The van der Waals surface area contributed by atoms with E-state index in [1.54, 1.807) is 17.8 Å². The molecule has 4 nitrogen and oxygen atoms in total. The van der Waals surface area contributed by atoms with Crippen molar-refractivity contribution in [3.8, 4) is 11.3 Å². The lowest BCUT2D eigenvalue weighted by Crippen LogP contribution is -2.16. The Hall–Kier alpha value is -2.49. The van der Waals surface area contributed by atoms with E-state index in [2.05, 4.69) is 9.97 Å². The number of aromatic nitrogens is 3. The van der Waals surface area contributed by atoms with Gasteiger partial charge in [-0.1, -0.05) is 18.2 Å². The second-order valence-corrected chi connectivity index (χ2v) is 4.10. The van der Waals surface area contributed by atoms with Gasteiger partial charge < -0.3 is 4.57 Å². The van der Waals surface area contributed by atoms with Gasteiger partial charge in [0.2, 0.25) is 0 Å². The molecule has 0 unspecified atom stereocenters. The summed E-state index contributed by atoms with van der Waals surface area (Å²) in [5.41, 5.74) is 1.76. The van der Waals surface area contributed by atoms with E-state index in [0.29, 0.717) is 5.39 Å². The molecular weight excluding hydrogens is 226 g/mol. The lowest BCUT2D eigenvalue weighted by Gasteiger charge is -2.08. The minimum absolute atomic E-state index is 0.00315. The van der Waals surface area contributed by atoms with Crippen LogP contribution in [0.4, 0.5) is 0 Å². The second-order valence-electron chi connectivity index (χ2n) is 4.10. The molecule has 0 bridgehead atoms. The van der Waals surface area contributed by atoms with Crippen LogP contribution in [0.2, 0.25) is 0 Å². The SMILES string of the molecule is Cn1cc(-c2ccncn2)c2ccccc2c1=O. The number of hydrogen-bond donors (Lipinski definition) is 0. The number of pyridine rings is 1. The predicted octanol–water partition coefficient (Wildman–Crippen LogP) is 2.00. The number of rotatable bonds is 1. The molecule has 0 radical (unpaired) electrons. The molecule has 1 aromatic carbocycles. The van der Waals surface area contributed by atoms with Crippen molar-refractivity contribution < 1.29 is 0 Å². The van der Waals surface area contributed by atoms with Gasteiger partial charge in [0, 0.05) is 30.4 Å². The molecule has 0 aliphatic rings. The van der Waals surface area contributed by atoms with Gasteiger partial charge in [0.05, 0.1) is 5.69 Å². The normalized spacial score (nSPS) is 10.7. The van der Waals surface area contributed by atoms with Gasteiger partial charge in [0.1, 0.15) is 6.33 Å². The third kappa shape index (κ3) is 1.59. The largest absolute Gasteiger partial charge is 0.317 e. The van der Waals surface area contributed by atoms with E-state index in [4.69, 9.17) is 0 Å². The van der Waals surface area contributed by atoms with Crippen LogP contribution in [0.25, 0.3) is 22.0 Å². The maximum Gasteiger partial charge on any atom is 0.258 e. The predicted molar refractivity (Wildman–Crippen MR) is 70.2 cm³/mol. The molecule has 0 atom stereocenters. The van der Waals surface area contributed by atoms with Gasteiger partial charge in [-0.25, -0.2) is 9.97 Å². The van der Waals surface area contributed by atoms with E-state index >= 15 is 0 Å². The third-order valence-corrected chi connectivity index (χ3v) is 2.95. The molecule has 3 rings (SSSR count). The molecule has 0 saturated carbocycles. The molecule has 2 heterocycles. The fourth-order valence-electron chi connectivity index (χ4n) is 2.07. The summed E-state index contributed by atoms with van der Waals surface area (Å²) < 4.78 is 1.58. The molecule has 3 aromatic rings. The van der Waals surface area contributed by atoms with Crippen molar-refractivity contribution in [2.45, 2.75) is 0 Å². The summed E-state index contributed by atoms with van der Waals surface area (Å²) in [6, 6.07) is 9.41. The molecular formula is C14H11N3O. The van der Waals surface area contributed by atoms with E-state index in [9.17, 15) is 4.79 Å². The Labute approximate surface area is 104 Å². The van der Waals surface area contributed by atoms with E-state index in [0.717, 1.165) is 16.6 Å². The van der Waals surface area contributed by atoms with Gasteiger partial charge in [-0.15, -0.1) is 0 Å². The Kier molecular flexibility index (Phi) is 2.41. The molecule has 0 saturated heterocycles. The van der Waals surface area contributed by atoms with Crippen molar-refractivity contribution in [3.63, 3.8) is 0 Å². The maximum absolute atomic E-state index is 12.0. The highest BCUT2D eigenvalue weighted by Crippen LogP contribution is 2.24. The molecule has 0 amide bonds. The van der Waals surface area contributed by atoms with Crippen LogP contribution in [0.3, 0.4) is 0 Å². The molecule has 4 heteroatoms. The zero-order chi connectivity index (χ0) is 12.5.